The molecule has 10 nitrogen and oxygen atoms in total. The van der Waals surface area contributed by atoms with Gasteiger partial charge in [-0.2, -0.15) is 0 Å². The van der Waals surface area contributed by atoms with E-state index in [4.69, 9.17) is 20.8 Å². The minimum Gasteiger partial charge on any atom is -0.487 e. The largest absolute Gasteiger partial charge is 0.487 e. The zero-order chi connectivity index (χ0) is 38.0. The quantitative estimate of drug-likeness (QED) is 0.0833. The number of fused-ring (bicyclic) bond motifs is 1. The van der Waals surface area contributed by atoms with E-state index >= 15 is 0 Å². The third kappa shape index (κ3) is 9.93. The number of carbonyl (C=O) groups excluding carboxylic acids is 2. The number of likely N-dealkylation sites (tertiary alicyclic amines) is 1. The number of carbonyl (C=O) groups is 2. The van der Waals surface area contributed by atoms with Crippen molar-refractivity contribution in [3.8, 4) is 17.1 Å². The second-order valence-electron chi connectivity index (χ2n) is 13.4. The Kier molecular flexibility index (Phi) is 12.1. The number of nitrogens with zero attached hydrogens (tertiary/aromatic N) is 4. The number of benzene rings is 3. The molecule has 1 aliphatic rings. The third-order valence-corrected chi connectivity index (χ3v) is 9.86. The van der Waals surface area contributed by atoms with Crippen molar-refractivity contribution in [3.05, 3.63) is 137 Å². The fourth-order valence-electron chi connectivity index (χ4n) is 6.59. The number of furan rings is 1. The van der Waals surface area contributed by atoms with Gasteiger partial charge in [0.05, 0.1) is 10.5 Å². The highest BCUT2D eigenvalue weighted by molar-refractivity contribution is 6.32. The number of hydrogen-bond acceptors (Lipinski definition) is 8. The first-order chi connectivity index (χ1) is 26.9. The number of unbranched alkanes of at least 4 members (excludes halogenated alkanes) is 1. The smallest absolute Gasteiger partial charge is 0.289 e. The SMILES string of the molecule is O=C(/C=C/c1cccnc1)NCCCCC1CCN(C(=O)c2ccc(-c3ccc4ncnc(Nc5ccc(OCc6cccc(F)c6)c(Cl)c5)c4c3)o2)CC1. The Morgan fingerprint density at radius 3 is 2.69 bits per heavy atom. The number of halogens is 2. The van der Waals surface area contributed by atoms with Crippen molar-refractivity contribution in [3.63, 3.8) is 0 Å². The summed E-state index contributed by atoms with van der Waals surface area (Å²) in [5.41, 5.74) is 3.79. The van der Waals surface area contributed by atoms with Crippen molar-refractivity contribution in [2.75, 3.05) is 25.0 Å². The number of pyridine rings is 1. The number of hydrogen-bond donors (Lipinski definition) is 2. The summed E-state index contributed by atoms with van der Waals surface area (Å²) < 4.78 is 25.5. The van der Waals surface area contributed by atoms with Gasteiger partial charge in [-0.3, -0.25) is 14.6 Å². The zero-order valence-electron chi connectivity index (χ0n) is 30.1. The highest BCUT2D eigenvalue weighted by Crippen LogP contribution is 2.33. The van der Waals surface area contributed by atoms with Gasteiger partial charge in [0.15, 0.2) is 5.76 Å². The predicted molar refractivity (Wildman–Crippen MR) is 211 cm³/mol. The van der Waals surface area contributed by atoms with Crippen molar-refractivity contribution in [1.29, 1.82) is 0 Å². The summed E-state index contributed by atoms with van der Waals surface area (Å²) in [5.74, 6) is 1.92. The maximum Gasteiger partial charge on any atom is 0.289 e. The molecular formula is C43H40ClFN6O4. The Bertz CT molecular complexity index is 2290. The molecule has 0 spiro atoms. The van der Waals surface area contributed by atoms with Crippen molar-refractivity contribution in [1.82, 2.24) is 25.2 Å². The van der Waals surface area contributed by atoms with Crippen LogP contribution in [-0.2, 0) is 11.4 Å². The Hall–Kier alpha value is -6.07. The first-order valence-electron chi connectivity index (χ1n) is 18.3. The molecule has 1 fully saturated rings. The van der Waals surface area contributed by atoms with Gasteiger partial charge in [0, 0.05) is 54.7 Å². The summed E-state index contributed by atoms with van der Waals surface area (Å²) in [6, 6.07) is 24.5. The zero-order valence-corrected chi connectivity index (χ0v) is 30.8. The lowest BCUT2D eigenvalue weighted by Gasteiger charge is -2.31. The van der Waals surface area contributed by atoms with Gasteiger partial charge in [-0.05, 0) is 109 Å². The van der Waals surface area contributed by atoms with Gasteiger partial charge in [-0.1, -0.05) is 42.6 Å². The summed E-state index contributed by atoms with van der Waals surface area (Å²) in [5, 5.41) is 7.42. The molecule has 2 N–H and O–H groups in total. The minimum atomic E-state index is -0.324. The number of nitrogens with one attached hydrogen (secondary N) is 2. The molecule has 7 rings (SSSR count). The van der Waals surface area contributed by atoms with E-state index in [1.807, 2.05) is 47.4 Å². The van der Waals surface area contributed by atoms with Crippen LogP contribution in [-0.4, -0.2) is 51.3 Å². The van der Waals surface area contributed by atoms with Crippen LogP contribution in [0.3, 0.4) is 0 Å². The van der Waals surface area contributed by atoms with Crippen molar-refractivity contribution in [2.24, 2.45) is 5.92 Å². The van der Waals surface area contributed by atoms with Crippen LogP contribution in [0.4, 0.5) is 15.9 Å². The molecule has 0 radical (unpaired) electrons. The summed E-state index contributed by atoms with van der Waals surface area (Å²) in [6.07, 6.45) is 13.1. The van der Waals surface area contributed by atoms with Gasteiger partial charge in [-0.25, -0.2) is 14.4 Å². The average molecular weight is 759 g/mol. The van der Waals surface area contributed by atoms with Crippen LogP contribution in [0.25, 0.3) is 28.3 Å². The Morgan fingerprint density at radius 1 is 0.982 bits per heavy atom. The average Bonchev–Trinajstić information content (AvgIpc) is 3.71. The molecular weight excluding hydrogens is 719 g/mol. The highest BCUT2D eigenvalue weighted by Gasteiger charge is 2.25. The fraction of sp³-hybridized carbons (Fsp3) is 0.233. The first-order valence-corrected chi connectivity index (χ1v) is 18.7. The Balaban J connectivity index is 0.897. The molecule has 0 saturated carbocycles. The minimum absolute atomic E-state index is 0.107. The molecule has 3 aromatic carbocycles. The van der Waals surface area contributed by atoms with Crippen LogP contribution in [0.2, 0.25) is 5.02 Å². The number of anilines is 2. The number of piperidine rings is 1. The molecule has 0 bridgehead atoms. The molecule has 6 aromatic rings. The molecule has 3 aromatic heterocycles. The highest BCUT2D eigenvalue weighted by atomic mass is 35.5. The second kappa shape index (κ2) is 17.8. The number of ether oxygens (including phenoxy) is 1. The Labute approximate surface area is 323 Å². The topological polar surface area (TPSA) is 122 Å². The van der Waals surface area contributed by atoms with Crippen LogP contribution < -0.4 is 15.4 Å². The normalized spacial score (nSPS) is 13.3. The van der Waals surface area contributed by atoms with Gasteiger partial charge in [0.25, 0.3) is 5.91 Å². The van der Waals surface area contributed by atoms with E-state index in [1.165, 1.54) is 24.5 Å². The second-order valence-corrected chi connectivity index (χ2v) is 13.9. The lowest BCUT2D eigenvalue weighted by molar-refractivity contribution is -0.116. The van der Waals surface area contributed by atoms with Crippen LogP contribution >= 0.6 is 11.6 Å². The molecule has 55 heavy (non-hydrogen) atoms. The van der Waals surface area contributed by atoms with Crippen LogP contribution in [0.5, 0.6) is 5.75 Å². The maximum absolute atomic E-state index is 13.5. The van der Waals surface area contributed by atoms with Crippen molar-refractivity contribution < 1.29 is 23.1 Å². The van der Waals surface area contributed by atoms with Gasteiger partial charge in [-0.15, -0.1) is 0 Å². The molecule has 12 heteroatoms. The van der Waals surface area contributed by atoms with E-state index < -0.39 is 0 Å². The van der Waals surface area contributed by atoms with Gasteiger partial charge < -0.3 is 24.7 Å². The van der Waals surface area contributed by atoms with Crippen LogP contribution in [0.1, 0.15) is 53.8 Å². The molecule has 4 heterocycles. The standard InChI is InChI=1S/C43H40ClFN6O4/c44-36-25-34(11-13-39(36)54-27-31-6-3-8-33(45)23-31)50-42-35-24-32(10-12-37(35)48-28-49-42)38-14-15-40(55-38)43(53)51-21-17-29(18-22-51)5-1-2-20-47-41(52)16-9-30-7-4-19-46-26-30/h3-4,6-16,19,23-26,28-29H,1-2,5,17-18,20-22,27H2,(H,47,52)(H,48,49,50)/b16-9+. The number of rotatable bonds is 14. The Morgan fingerprint density at radius 2 is 1.87 bits per heavy atom. The summed E-state index contributed by atoms with van der Waals surface area (Å²) in [4.78, 5) is 40.3. The van der Waals surface area contributed by atoms with Gasteiger partial charge in [0.1, 0.15) is 36.1 Å². The molecule has 280 valence electrons. The van der Waals surface area contributed by atoms with E-state index in [9.17, 15) is 14.0 Å². The van der Waals surface area contributed by atoms with E-state index in [-0.39, 0.29) is 24.2 Å². The van der Waals surface area contributed by atoms with Gasteiger partial charge in [0.2, 0.25) is 5.91 Å². The van der Waals surface area contributed by atoms with E-state index in [1.54, 1.807) is 48.8 Å². The summed E-state index contributed by atoms with van der Waals surface area (Å²) in [7, 11) is 0. The summed E-state index contributed by atoms with van der Waals surface area (Å²) >= 11 is 6.54. The predicted octanol–water partition coefficient (Wildman–Crippen LogP) is 9.25. The molecule has 1 saturated heterocycles. The van der Waals surface area contributed by atoms with E-state index in [0.29, 0.717) is 64.9 Å². The first kappa shape index (κ1) is 37.3. The molecule has 0 unspecified atom stereocenters. The van der Waals surface area contributed by atoms with E-state index in [2.05, 4.69) is 25.6 Å². The number of aromatic nitrogens is 3. The van der Waals surface area contributed by atoms with E-state index in [0.717, 1.165) is 54.1 Å². The van der Waals surface area contributed by atoms with Gasteiger partial charge >= 0.3 is 0 Å². The van der Waals surface area contributed by atoms with Crippen molar-refractivity contribution >= 4 is 51.9 Å². The lowest BCUT2D eigenvalue weighted by Crippen LogP contribution is -2.38. The lowest BCUT2D eigenvalue weighted by atomic mass is 9.91. The van der Waals surface area contributed by atoms with Crippen LogP contribution in [0, 0.1) is 11.7 Å². The maximum atomic E-state index is 13.5. The third-order valence-electron chi connectivity index (χ3n) is 9.57. The fourth-order valence-corrected chi connectivity index (χ4v) is 6.83. The summed E-state index contributed by atoms with van der Waals surface area (Å²) in [6.45, 7) is 2.18. The van der Waals surface area contributed by atoms with Crippen molar-refractivity contribution in [2.45, 2.75) is 38.7 Å². The monoisotopic (exact) mass is 758 g/mol. The molecule has 2 amide bonds. The number of amides is 2. The molecule has 0 aliphatic carbocycles. The molecule has 0 atom stereocenters. The van der Waals surface area contributed by atoms with Crippen LogP contribution in [0.15, 0.2) is 114 Å². The molecule has 1 aliphatic heterocycles.